The number of carbonyl (C=O) groups excluding carboxylic acids is 14. The molecule has 0 radical (unpaired) electrons. The van der Waals surface area contributed by atoms with E-state index in [1.54, 1.807) is 121 Å². The maximum atomic E-state index is 15.4. The van der Waals surface area contributed by atoms with Crippen molar-refractivity contribution in [2.45, 2.75) is 182 Å². The first-order chi connectivity index (χ1) is 54.9. The standard InChI is InChI=1S/C76H104N18O19S2/c1-41(79)64(100)82-37-61(99)83-58-39-114-115-40-59(76(112)113)92-72(108)57(38-95)91-75(111)63(43(3)97)94-71(107)54(33-46-23-11-6-12-24-46)90-74(110)62(42(2)96)93-66(102)51(28-16-18-30-78)84-69(105)55(34-47-36-81-49-26-14-13-25-48(47)49)88-68(104)53(32-45-21-9-5-10-22-45)86-67(103)52(31-44-19-7-4-8-20-44)87-70(106)56(35-60(80)98)89-65(101)50(85-73(58)109)27-15-17-29-77/h4-14,19-26,36,41-43,50-59,62-63,81,95-97H,15-18,27-35,37-40,77-79H2,1-3H3,(H2,80,98)(H,82,100)(H,83,99)(H,84,105)(H,85,109)(H,86,103)(H,87,106)(H,88,104)(H,89,101)(H,90,110)(H,91,111)(H,92,108)(H,93,102)(H,94,107)(H,112,113)/t41-,42+,43+,50-,51-,52-,53-,54-,55-,56+,57+,58+,59-,62?,63?/m0/s1. The highest BCUT2D eigenvalue weighted by Crippen LogP contribution is 2.25. The molecule has 0 bridgehead atoms. The third-order valence-electron chi connectivity index (χ3n) is 18.3. The van der Waals surface area contributed by atoms with Crippen LogP contribution in [0.4, 0.5) is 0 Å². The molecule has 1 aliphatic rings. The fourth-order valence-electron chi connectivity index (χ4n) is 11.9. The molecule has 1 saturated heterocycles. The monoisotopic (exact) mass is 1640 g/mol. The normalized spacial score (nSPS) is 23.7. The first kappa shape index (κ1) is 92.8. The maximum absolute atomic E-state index is 15.4. The van der Waals surface area contributed by atoms with Gasteiger partial charge >= 0.3 is 5.97 Å². The Bertz CT molecular complexity index is 4130. The molecule has 2 heterocycles. The molecule has 624 valence electrons. The molecule has 2 unspecified atom stereocenters. The zero-order chi connectivity index (χ0) is 84.3. The lowest BCUT2D eigenvalue weighted by molar-refractivity contribution is -0.142. The summed E-state index contributed by atoms with van der Waals surface area (Å²) in [5.74, 6) is -17.7. The number of H-pyrrole nitrogens is 1. The van der Waals surface area contributed by atoms with Gasteiger partial charge in [0.25, 0.3) is 0 Å². The van der Waals surface area contributed by atoms with Gasteiger partial charge in [-0.15, -0.1) is 0 Å². The maximum Gasteiger partial charge on any atom is 0.327 e. The van der Waals surface area contributed by atoms with Crippen molar-refractivity contribution < 1.29 is 92.3 Å². The first-order valence-corrected chi connectivity index (χ1v) is 39.8. The summed E-state index contributed by atoms with van der Waals surface area (Å²) in [6, 6.07) is 9.57. The molecule has 6 rings (SSSR count). The Morgan fingerprint density at radius 1 is 0.470 bits per heavy atom. The van der Waals surface area contributed by atoms with E-state index in [0.29, 0.717) is 39.6 Å². The number of benzene rings is 4. The minimum absolute atomic E-state index is 0.104. The van der Waals surface area contributed by atoms with Gasteiger partial charge in [-0.2, -0.15) is 0 Å². The van der Waals surface area contributed by atoms with Crippen LogP contribution in [0.5, 0.6) is 0 Å². The number of nitrogens with one attached hydrogen (secondary N) is 14. The Kier molecular flexibility index (Phi) is 38.4. The van der Waals surface area contributed by atoms with Crippen molar-refractivity contribution in [3.63, 3.8) is 0 Å². The summed E-state index contributed by atoms with van der Waals surface area (Å²) in [4.78, 5) is 217. The number of primary amides is 1. The third-order valence-corrected chi connectivity index (χ3v) is 20.7. The molecule has 0 aliphatic carbocycles. The first-order valence-electron chi connectivity index (χ1n) is 37.4. The lowest BCUT2D eigenvalue weighted by atomic mass is 10.00. The van der Waals surface area contributed by atoms with Gasteiger partial charge in [-0.05, 0) is 101 Å². The number of aliphatic carboxylic acids is 1. The average molecular weight is 1640 g/mol. The summed E-state index contributed by atoms with van der Waals surface area (Å²) < 4.78 is 0. The number of carboxylic acids is 1. The molecule has 14 amide bonds. The van der Waals surface area contributed by atoms with Crippen molar-refractivity contribution in [3.8, 4) is 0 Å². The average Bonchev–Trinajstić information content (AvgIpc) is 1.71. The second-order valence-corrected chi connectivity index (χ2v) is 30.1. The van der Waals surface area contributed by atoms with Crippen LogP contribution in [0.1, 0.15) is 88.0 Å². The van der Waals surface area contributed by atoms with Crippen molar-refractivity contribution in [2.75, 3.05) is 37.7 Å². The van der Waals surface area contributed by atoms with E-state index in [2.05, 4.69) is 74.1 Å². The van der Waals surface area contributed by atoms with Crippen molar-refractivity contribution in [1.29, 1.82) is 0 Å². The van der Waals surface area contributed by atoms with Gasteiger partial charge in [0.05, 0.1) is 37.8 Å². The van der Waals surface area contributed by atoms with Crippen LogP contribution in [0.2, 0.25) is 0 Å². The predicted octanol–water partition coefficient (Wildman–Crippen LogP) is -4.91. The van der Waals surface area contributed by atoms with Gasteiger partial charge < -0.3 is 117 Å². The number of hydrogen-bond acceptors (Lipinski definition) is 23. The van der Waals surface area contributed by atoms with E-state index in [1.165, 1.54) is 6.92 Å². The number of amides is 14. The molecule has 0 saturated carbocycles. The summed E-state index contributed by atoms with van der Waals surface area (Å²) in [5.41, 5.74) is 25.6. The van der Waals surface area contributed by atoms with Crippen LogP contribution in [-0.4, -0.2) is 243 Å². The number of carbonyl (C=O) groups is 15. The Morgan fingerprint density at radius 3 is 1.30 bits per heavy atom. The highest BCUT2D eigenvalue weighted by molar-refractivity contribution is 8.76. The molecule has 5 aromatic rings. The molecule has 39 heteroatoms. The molecule has 0 spiro atoms. The molecule has 4 aromatic carbocycles. The van der Waals surface area contributed by atoms with E-state index in [9.17, 15) is 78.0 Å². The molecular formula is C76H104N18O19S2. The fourth-order valence-corrected chi connectivity index (χ4v) is 14.3. The van der Waals surface area contributed by atoms with Crippen molar-refractivity contribution in [3.05, 3.63) is 144 Å². The second-order valence-electron chi connectivity index (χ2n) is 27.6. The van der Waals surface area contributed by atoms with E-state index >= 15 is 14.4 Å². The summed E-state index contributed by atoms with van der Waals surface area (Å²) in [6.45, 7) is 1.88. The second kappa shape index (κ2) is 47.6. The number of fused-ring (bicyclic) bond motifs is 1. The Morgan fingerprint density at radius 2 is 0.852 bits per heavy atom. The van der Waals surface area contributed by atoms with E-state index < -0.39 is 210 Å². The van der Waals surface area contributed by atoms with Gasteiger partial charge in [0.2, 0.25) is 82.7 Å². The van der Waals surface area contributed by atoms with Crippen LogP contribution in [0, 0.1) is 0 Å². The number of aromatic nitrogens is 1. The van der Waals surface area contributed by atoms with Crippen LogP contribution in [0.3, 0.4) is 0 Å². The minimum Gasteiger partial charge on any atom is -0.480 e. The van der Waals surface area contributed by atoms with Gasteiger partial charge in [-0.3, -0.25) is 67.1 Å². The molecule has 1 fully saturated rings. The highest BCUT2D eigenvalue weighted by atomic mass is 33.1. The van der Waals surface area contributed by atoms with Crippen molar-refractivity contribution >= 4 is 121 Å². The number of aliphatic hydroxyl groups is 3. The summed E-state index contributed by atoms with van der Waals surface area (Å²) in [5, 5.41) is 76.1. The minimum atomic E-state index is -1.99. The number of hydrogen-bond donors (Lipinski definition) is 22. The number of unbranched alkanes of at least 4 members (excludes halogenated alkanes) is 2. The molecule has 115 heavy (non-hydrogen) atoms. The number of carboxylic acid groups (broad SMARTS) is 1. The van der Waals surface area contributed by atoms with E-state index in [4.69, 9.17) is 22.9 Å². The quantitative estimate of drug-likeness (QED) is 0.0182. The summed E-state index contributed by atoms with van der Waals surface area (Å²) in [6.07, 6.45) is -3.48. The Labute approximate surface area is 670 Å². The van der Waals surface area contributed by atoms with Gasteiger partial charge in [0.15, 0.2) is 0 Å². The summed E-state index contributed by atoms with van der Waals surface area (Å²) in [7, 11) is 1.49. The smallest absolute Gasteiger partial charge is 0.327 e. The van der Waals surface area contributed by atoms with Gasteiger partial charge in [0.1, 0.15) is 72.5 Å². The molecule has 26 N–H and O–H groups in total. The van der Waals surface area contributed by atoms with Crippen LogP contribution in [0.15, 0.2) is 121 Å². The van der Waals surface area contributed by atoms with E-state index in [1.807, 2.05) is 0 Å². The van der Waals surface area contributed by atoms with Crippen LogP contribution < -0.4 is 92.1 Å². The summed E-state index contributed by atoms with van der Waals surface area (Å²) >= 11 is 0. The number of nitrogens with two attached hydrogens (primary N) is 4. The lowest BCUT2D eigenvalue weighted by Gasteiger charge is -2.29. The largest absolute Gasteiger partial charge is 0.480 e. The zero-order valence-corrected chi connectivity index (χ0v) is 65.4. The molecular weight excluding hydrogens is 1530 g/mol. The lowest BCUT2D eigenvalue weighted by Crippen LogP contribution is -2.63. The number of aliphatic hydroxyl groups excluding tert-OH is 3. The SMILES string of the molecule is C[C@H](N)C(=O)NCC(=O)N[C@@H]1CSSC[C@@H](C(=O)O)NC(=O)[C@@H](CO)NC(=O)C([C@@H](C)O)NC(=O)[C@H](Cc2ccccc2)NC(=O)C([C@@H](C)O)NC(=O)[C@H](CCCCN)NC(=O)[C@H](Cc2c[nH]c3ccccc23)NC(=O)[C@H](Cc2ccccc2)NC(=O)[C@H](Cc2ccccc2)NC(=O)[C@@H](CC(N)=O)NC(=O)[C@H](CCCCN)NC1=O. The number of aromatic amines is 1. The van der Waals surface area contributed by atoms with E-state index in [0.717, 1.165) is 35.4 Å². The molecule has 1 aromatic heterocycles. The van der Waals surface area contributed by atoms with Crippen LogP contribution in [0.25, 0.3) is 10.9 Å². The van der Waals surface area contributed by atoms with Crippen LogP contribution in [-0.2, 0) is 97.6 Å². The van der Waals surface area contributed by atoms with Gasteiger partial charge in [0, 0.05) is 54.3 Å². The predicted molar refractivity (Wildman–Crippen MR) is 425 cm³/mol. The fraction of sp³-hybridized carbons (Fsp3) is 0.461. The number of rotatable bonds is 26. The molecule has 37 nitrogen and oxygen atoms in total. The molecule has 15 atom stereocenters. The Balaban J connectivity index is 1.47. The Hall–Kier alpha value is -11.1. The van der Waals surface area contributed by atoms with Crippen LogP contribution >= 0.6 is 21.6 Å². The number of para-hydroxylation sites is 1. The topological polar surface area (TPSA) is 613 Å². The van der Waals surface area contributed by atoms with Crippen molar-refractivity contribution in [2.24, 2.45) is 22.9 Å². The van der Waals surface area contributed by atoms with E-state index in [-0.39, 0.29) is 70.9 Å². The van der Waals surface area contributed by atoms with Crippen molar-refractivity contribution in [1.82, 2.24) is 74.1 Å². The molecule has 1 aliphatic heterocycles. The third kappa shape index (κ3) is 30.7. The zero-order valence-electron chi connectivity index (χ0n) is 63.8. The van der Waals surface area contributed by atoms with Gasteiger partial charge in [-0.25, -0.2) is 4.79 Å². The highest BCUT2D eigenvalue weighted by Gasteiger charge is 2.40. The van der Waals surface area contributed by atoms with Gasteiger partial charge in [-0.1, -0.05) is 131 Å².